The van der Waals surface area contributed by atoms with Crippen LogP contribution in [0.1, 0.15) is 12.0 Å². The molecule has 0 fully saturated rings. The molecule has 0 bridgehead atoms. The Labute approximate surface area is 96.6 Å². The first-order valence-corrected chi connectivity index (χ1v) is 5.48. The lowest BCUT2D eigenvalue weighted by molar-refractivity contribution is -0.140. The largest absolute Gasteiger partial charge is 0.469 e. The third kappa shape index (κ3) is 4.42. The van der Waals surface area contributed by atoms with Crippen LogP contribution in [0.3, 0.4) is 0 Å². The van der Waals surface area contributed by atoms with Crippen molar-refractivity contribution >= 4 is 21.9 Å². The molecule has 0 amide bonds. The van der Waals surface area contributed by atoms with Gasteiger partial charge in [0.25, 0.3) is 0 Å². The summed E-state index contributed by atoms with van der Waals surface area (Å²) in [5.41, 5.74) is 0.988. The number of rotatable bonds is 4. The van der Waals surface area contributed by atoms with E-state index in [9.17, 15) is 9.18 Å². The molecule has 0 aliphatic heterocycles. The lowest BCUT2D eigenvalue weighted by atomic mass is 10.1. The minimum absolute atomic E-state index is 0.0235. The molecular formula is C11H12BrFO2. The molecule has 4 heteroatoms. The molecule has 0 aromatic heterocycles. The molecule has 0 saturated carbocycles. The van der Waals surface area contributed by atoms with Crippen molar-refractivity contribution in [1.82, 2.24) is 0 Å². The van der Waals surface area contributed by atoms with Gasteiger partial charge < -0.3 is 4.74 Å². The lowest BCUT2D eigenvalue weighted by Crippen LogP contribution is -2.11. The number of esters is 1. The van der Waals surface area contributed by atoms with Crippen LogP contribution in [0.2, 0.25) is 0 Å². The maximum Gasteiger partial charge on any atom is 0.306 e. The summed E-state index contributed by atoms with van der Waals surface area (Å²) in [7, 11) is 1.36. The van der Waals surface area contributed by atoms with E-state index >= 15 is 0 Å². The van der Waals surface area contributed by atoms with E-state index in [1.807, 2.05) is 0 Å². The Morgan fingerprint density at radius 2 is 2.07 bits per heavy atom. The average molecular weight is 275 g/mol. The molecular weight excluding hydrogens is 263 g/mol. The van der Waals surface area contributed by atoms with Crippen LogP contribution in [0.4, 0.5) is 4.39 Å². The third-order valence-corrected chi connectivity index (χ3v) is 2.63. The third-order valence-electron chi connectivity index (χ3n) is 1.99. The summed E-state index contributed by atoms with van der Waals surface area (Å²) in [6.07, 6.45) is 0.989. The van der Waals surface area contributed by atoms with Gasteiger partial charge in [-0.2, -0.15) is 0 Å². The Morgan fingerprint density at radius 3 is 2.60 bits per heavy atom. The van der Waals surface area contributed by atoms with E-state index in [1.165, 1.54) is 19.2 Å². The second-order valence-electron chi connectivity index (χ2n) is 3.21. The van der Waals surface area contributed by atoms with Gasteiger partial charge in [-0.25, -0.2) is 4.39 Å². The van der Waals surface area contributed by atoms with E-state index in [4.69, 9.17) is 0 Å². The highest BCUT2D eigenvalue weighted by molar-refractivity contribution is 9.09. The molecule has 82 valence electrons. The van der Waals surface area contributed by atoms with E-state index in [0.29, 0.717) is 12.8 Å². The number of benzene rings is 1. The van der Waals surface area contributed by atoms with E-state index in [1.54, 1.807) is 12.1 Å². The molecule has 1 atom stereocenters. The molecule has 0 heterocycles. The standard InChI is InChI=1S/C11H12BrFO2/c1-15-11(14)7-9(12)6-8-2-4-10(13)5-3-8/h2-5,9H,6-7H2,1H3. The first kappa shape index (κ1) is 12.2. The van der Waals surface area contributed by atoms with Gasteiger partial charge in [0.1, 0.15) is 5.82 Å². The smallest absolute Gasteiger partial charge is 0.306 e. The number of carbonyl (C=O) groups excluding carboxylic acids is 1. The van der Waals surface area contributed by atoms with Crippen molar-refractivity contribution in [3.8, 4) is 0 Å². The molecule has 0 spiro atoms. The number of hydrogen-bond acceptors (Lipinski definition) is 2. The first-order chi connectivity index (χ1) is 7.11. The fraction of sp³-hybridized carbons (Fsp3) is 0.364. The molecule has 2 nitrogen and oxygen atoms in total. The van der Waals surface area contributed by atoms with Gasteiger partial charge in [0.15, 0.2) is 0 Å². The van der Waals surface area contributed by atoms with E-state index < -0.39 is 0 Å². The normalized spacial score (nSPS) is 12.2. The monoisotopic (exact) mass is 274 g/mol. The van der Waals surface area contributed by atoms with Gasteiger partial charge in [0.05, 0.1) is 13.5 Å². The van der Waals surface area contributed by atoms with Crippen molar-refractivity contribution in [2.24, 2.45) is 0 Å². The highest BCUT2D eigenvalue weighted by Gasteiger charge is 2.11. The van der Waals surface area contributed by atoms with Crippen molar-refractivity contribution in [2.75, 3.05) is 7.11 Å². The van der Waals surface area contributed by atoms with Crippen LogP contribution in [0.25, 0.3) is 0 Å². The molecule has 0 saturated heterocycles. The molecule has 0 aliphatic rings. The molecule has 0 aliphatic carbocycles. The number of carbonyl (C=O) groups is 1. The van der Waals surface area contributed by atoms with Crippen LogP contribution in [0.15, 0.2) is 24.3 Å². The Bertz CT molecular complexity index is 324. The minimum Gasteiger partial charge on any atom is -0.469 e. The Morgan fingerprint density at radius 1 is 1.47 bits per heavy atom. The maximum absolute atomic E-state index is 12.6. The molecule has 15 heavy (non-hydrogen) atoms. The van der Waals surface area contributed by atoms with Crippen LogP contribution in [-0.2, 0) is 16.0 Å². The van der Waals surface area contributed by atoms with Gasteiger partial charge in [-0.3, -0.25) is 4.79 Å². The molecule has 1 unspecified atom stereocenters. The Kier molecular flexibility index (Phi) is 4.75. The maximum atomic E-state index is 12.6. The van der Waals surface area contributed by atoms with E-state index in [-0.39, 0.29) is 16.6 Å². The topological polar surface area (TPSA) is 26.3 Å². The second-order valence-corrected chi connectivity index (χ2v) is 4.50. The number of hydrogen-bond donors (Lipinski definition) is 0. The fourth-order valence-corrected chi connectivity index (χ4v) is 1.85. The number of alkyl halides is 1. The van der Waals surface area contributed by atoms with Gasteiger partial charge in [0, 0.05) is 4.83 Å². The number of halogens is 2. The average Bonchev–Trinajstić information content (AvgIpc) is 2.21. The highest BCUT2D eigenvalue weighted by Crippen LogP contribution is 2.14. The summed E-state index contributed by atoms with van der Waals surface area (Å²) in [5.74, 6) is -0.503. The zero-order chi connectivity index (χ0) is 11.3. The van der Waals surface area contributed by atoms with Crippen LogP contribution in [0, 0.1) is 5.82 Å². The molecule has 0 N–H and O–H groups in total. The van der Waals surface area contributed by atoms with Gasteiger partial charge >= 0.3 is 5.97 Å². The van der Waals surface area contributed by atoms with Crippen molar-refractivity contribution in [2.45, 2.75) is 17.7 Å². The highest BCUT2D eigenvalue weighted by atomic mass is 79.9. The quantitative estimate of drug-likeness (QED) is 0.623. The summed E-state index contributed by atoms with van der Waals surface area (Å²) in [4.78, 5) is 11.0. The summed E-state index contributed by atoms with van der Waals surface area (Å²) in [6.45, 7) is 0. The molecule has 0 radical (unpaired) electrons. The minimum atomic E-state index is -0.252. The van der Waals surface area contributed by atoms with Gasteiger partial charge in [0.2, 0.25) is 0 Å². The van der Waals surface area contributed by atoms with E-state index in [0.717, 1.165) is 5.56 Å². The van der Waals surface area contributed by atoms with Gasteiger partial charge in [-0.05, 0) is 24.1 Å². The number of methoxy groups -OCH3 is 1. The number of ether oxygens (including phenoxy) is 1. The first-order valence-electron chi connectivity index (χ1n) is 4.57. The zero-order valence-electron chi connectivity index (χ0n) is 8.37. The summed E-state index contributed by atoms with van der Waals surface area (Å²) < 4.78 is 17.2. The van der Waals surface area contributed by atoms with Crippen molar-refractivity contribution < 1.29 is 13.9 Å². The van der Waals surface area contributed by atoms with Crippen LogP contribution in [0.5, 0.6) is 0 Å². The summed E-state index contributed by atoms with van der Waals surface area (Å²) in [5, 5.41) is 0. The van der Waals surface area contributed by atoms with Crippen molar-refractivity contribution in [1.29, 1.82) is 0 Å². The Hall–Kier alpha value is -0.900. The Balaban J connectivity index is 2.47. The predicted molar refractivity (Wildman–Crippen MR) is 59.5 cm³/mol. The molecule has 1 rings (SSSR count). The van der Waals surface area contributed by atoms with Crippen LogP contribution in [-0.4, -0.2) is 17.9 Å². The van der Waals surface area contributed by atoms with Crippen molar-refractivity contribution in [3.63, 3.8) is 0 Å². The van der Waals surface area contributed by atoms with E-state index in [2.05, 4.69) is 20.7 Å². The van der Waals surface area contributed by atoms with Gasteiger partial charge in [-0.15, -0.1) is 0 Å². The second kappa shape index (κ2) is 5.85. The summed E-state index contributed by atoms with van der Waals surface area (Å²) in [6, 6.07) is 6.24. The van der Waals surface area contributed by atoms with Crippen molar-refractivity contribution in [3.05, 3.63) is 35.6 Å². The van der Waals surface area contributed by atoms with Crippen LogP contribution < -0.4 is 0 Å². The zero-order valence-corrected chi connectivity index (χ0v) is 9.96. The van der Waals surface area contributed by atoms with Crippen LogP contribution >= 0.6 is 15.9 Å². The lowest BCUT2D eigenvalue weighted by Gasteiger charge is -2.08. The fourth-order valence-electron chi connectivity index (χ4n) is 1.21. The van der Waals surface area contributed by atoms with Gasteiger partial charge in [-0.1, -0.05) is 28.1 Å². The predicted octanol–water partition coefficient (Wildman–Crippen LogP) is 2.69. The molecule has 1 aromatic rings. The molecule has 1 aromatic carbocycles. The SMILES string of the molecule is COC(=O)CC(Br)Cc1ccc(F)cc1. The summed E-state index contributed by atoms with van der Waals surface area (Å²) >= 11 is 3.38.